The molecule has 0 amide bonds. The number of carbonyl (C=O) groups excluding carboxylic acids is 1. The minimum atomic E-state index is -1.18. The molecule has 1 heterocycles. The highest BCUT2D eigenvalue weighted by molar-refractivity contribution is 5.90. The molecule has 6 heteroatoms. The number of methoxy groups -OCH3 is 1. The molecule has 4 nitrogen and oxygen atoms in total. The Morgan fingerprint density at radius 2 is 2.20 bits per heavy atom. The van der Waals surface area contributed by atoms with Crippen LogP contribution in [0.25, 0.3) is 0 Å². The van der Waals surface area contributed by atoms with Gasteiger partial charge in [0.25, 0.3) is 0 Å². The van der Waals surface area contributed by atoms with E-state index in [2.05, 4.69) is 15.0 Å². The van der Waals surface area contributed by atoms with Gasteiger partial charge in [0, 0.05) is 12.6 Å². The fraction of sp³-hybridized carbons (Fsp3) is 0.500. The number of ether oxygens (including phenoxy) is 1. The summed E-state index contributed by atoms with van der Waals surface area (Å²) in [5.74, 6) is -3.11. The number of benzene rings is 1. The molecule has 1 aromatic carbocycles. The maximum Gasteiger partial charge on any atom is 0.340 e. The average molecular weight is 284 g/mol. The maximum atomic E-state index is 13.9. The lowest BCUT2D eigenvalue weighted by Gasteiger charge is -2.20. The van der Waals surface area contributed by atoms with Crippen molar-refractivity contribution in [1.29, 1.82) is 0 Å². The molecule has 0 saturated carbocycles. The van der Waals surface area contributed by atoms with Crippen molar-refractivity contribution in [2.75, 3.05) is 32.6 Å². The fourth-order valence-electron chi connectivity index (χ4n) is 2.42. The highest BCUT2D eigenvalue weighted by Gasteiger charge is 2.22. The van der Waals surface area contributed by atoms with Gasteiger partial charge in [-0.25, -0.2) is 13.6 Å². The number of esters is 1. The van der Waals surface area contributed by atoms with Crippen LogP contribution in [0, 0.1) is 11.6 Å². The highest BCUT2D eigenvalue weighted by atomic mass is 19.2. The Balaban J connectivity index is 2.09. The van der Waals surface area contributed by atoms with E-state index in [0.717, 1.165) is 26.5 Å². The Morgan fingerprint density at radius 1 is 1.45 bits per heavy atom. The van der Waals surface area contributed by atoms with E-state index in [4.69, 9.17) is 0 Å². The number of anilines is 1. The molecule has 0 radical (unpaired) electrons. The van der Waals surface area contributed by atoms with Crippen LogP contribution in [0.1, 0.15) is 23.2 Å². The van der Waals surface area contributed by atoms with Gasteiger partial charge in [-0.15, -0.1) is 0 Å². The van der Waals surface area contributed by atoms with Crippen LogP contribution in [0.3, 0.4) is 0 Å². The molecule has 0 aromatic heterocycles. The fourth-order valence-corrected chi connectivity index (χ4v) is 2.42. The third-order valence-electron chi connectivity index (χ3n) is 3.69. The van der Waals surface area contributed by atoms with Gasteiger partial charge in [-0.05, 0) is 38.6 Å². The van der Waals surface area contributed by atoms with Crippen molar-refractivity contribution < 1.29 is 18.3 Å². The zero-order valence-electron chi connectivity index (χ0n) is 11.6. The monoisotopic (exact) mass is 284 g/mol. The number of likely N-dealkylation sites (N-methyl/N-ethyl adjacent to an activating group) is 1. The lowest BCUT2D eigenvalue weighted by molar-refractivity contribution is 0.0594. The predicted octanol–water partition coefficient (Wildman–Crippen LogP) is 2.26. The molecule has 1 aliphatic rings. The van der Waals surface area contributed by atoms with Crippen LogP contribution < -0.4 is 5.32 Å². The molecule has 0 bridgehead atoms. The number of halogens is 2. The summed E-state index contributed by atoms with van der Waals surface area (Å²) in [4.78, 5) is 13.4. The maximum absolute atomic E-state index is 13.9. The average Bonchev–Trinajstić information content (AvgIpc) is 2.85. The quantitative estimate of drug-likeness (QED) is 0.861. The van der Waals surface area contributed by atoms with Crippen LogP contribution in [-0.4, -0.2) is 44.2 Å². The van der Waals surface area contributed by atoms with Gasteiger partial charge in [-0.3, -0.25) is 0 Å². The minimum Gasteiger partial charge on any atom is -0.465 e. The Morgan fingerprint density at radius 3 is 2.80 bits per heavy atom. The first-order chi connectivity index (χ1) is 9.54. The first kappa shape index (κ1) is 14.7. The summed E-state index contributed by atoms with van der Waals surface area (Å²) in [5.41, 5.74) is -0.330. The van der Waals surface area contributed by atoms with Gasteiger partial charge in [-0.2, -0.15) is 0 Å². The van der Waals surface area contributed by atoms with E-state index in [1.165, 1.54) is 12.1 Å². The zero-order chi connectivity index (χ0) is 14.7. The van der Waals surface area contributed by atoms with E-state index < -0.39 is 23.2 Å². The summed E-state index contributed by atoms with van der Waals surface area (Å²) in [6, 6.07) is 2.91. The number of hydrogen-bond donors (Lipinski definition) is 1. The van der Waals surface area contributed by atoms with Crippen molar-refractivity contribution >= 4 is 11.7 Å². The van der Waals surface area contributed by atoms with E-state index in [1.54, 1.807) is 0 Å². The minimum absolute atomic E-state index is 0.0652. The standard InChI is InChI=1S/C14H18F2N2O2/c1-18-7-3-4-9(18)8-17-11-6-5-10(14(19)20-2)12(15)13(11)16/h5-6,9,17H,3-4,7-8H2,1-2H3. The van der Waals surface area contributed by atoms with E-state index in [-0.39, 0.29) is 5.69 Å². The summed E-state index contributed by atoms with van der Waals surface area (Å²) in [5, 5.41) is 2.90. The third kappa shape index (κ3) is 2.90. The molecule has 110 valence electrons. The molecule has 1 unspecified atom stereocenters. The number of likely N-dealkylation sites (tertiary alicyclic amines) is 1. The van der Waals surface area contributed by atoms with Crippen molar-refractivity contribution in [2.45, 2.75) is 18.9 Å². The van der Waals surface area contributed by atoms with Crippen LogP contribution in [-0.2, 0) is 4.74 Å². The van der Waals surface area contributed by atoms with Crippen LogP contribution in [0.4, 0.5) is 14.5 Å². The second-order valence-corrected chi connectivity index (χ2v) is 4.94. The molecular formula is C14H18F2N2O2. The number of carbonyl (C=O) groups is 1. The van der Waals surface area contributed by atoms with Gasteiger partial charge in [-0.1, -0.05) is 0 Å². The molecule has 1 aromatic rings. The summed E-state index contributed by atoms with van der Waals surface area (Å²) in [6.45, 7) is 1.56. The summed E-state index contributed by atoms with van der Waals surface area (Å²) >= 11 is 0. The van der Waals surface area contributed by atoms with Gasteiger partial charge in [0.15, 0.2) is 11.6 Å². The Hall–Kier alpha value is -1.69. The van der Waals surface area contributed by atoms with Crippen LogP contribution in [0.2, 0.25) is 0 Å². The SMILES string of the molecule is COC(=O)c1ccc(NCC2CCCN2C)c(F)c1F. The van der Waals surface area contributed by atoms with Gasteiger partial charge in [0.05, 0.1) is 18.4 Å². The van der Waals surface area contributed by atoms with Crippen molar-refractivity contribution in [2.24, 2.45) is 0 Å². The van der Waals surface area contributed by atoms with E-state index >= 15 is 0 Å². The van der Waals surface area contributed by atoms with Crippen LogP contribution in [0.5, 0.6) is 0 Å². The van der Waals surface area contributed by atoms with Gasteiger partial charge in [0.2, 0.25) is 0 Å². The lowest BCUT2D eigenvalue weighted by Crippen LogP contribution is -2.31. The molecule has 0 aliphatic carbocycles. The first-order valence-corrected chi connectivity index (χ1v) is 6.55. The topological polar surface area (TPSA) is 41.6 Å². The largest absolute Gasteiger partial charge is 0.465 e. The molecule has 1 saturated heterocycles. The Labute approximate surface area is 116 Å². The summed E-state index contributed by atoms with van der Waals surface area (Å²) < 4.78 is 32.0. The zero-order valence-corrected chi connectivity index (χ0v) is 11.6. The molecule has 1 atom stereocenters. The molecule has 2 rings (SSSR count). The van der Waals surface area contributed by atoms with Gasteiger partial charge in [0.1, 0.15) is 0 Å². The second kappa shape index (κ2) is 6.17. The number of nitrogens with zero attached hydrogens (tertiary/aromatic N) is 1. The summed E-state index contributed by atoms with van der Waals surface area (Å²) in [6.07, 6.45) is 2.15. The predicted molar refractivity (Wildman–Crippen MR) is 71.8 cm³/mol. The first-order valence-electron chi connectivity index (χ1n) is 6.55. The van der Waals surface area contributed by atoms with Crippen LogP contribution in [0.15, 0.2) is 12.1 Å². The number of nitrogens with one attached hydrogen (secondary N) is 1. The summed E-state index contributed by atoms with van der Waals surface area (Å²) in [7, 11) is 3.14. The van der Waals surface area contributed by atoms with E-state index in [0.29, 0.717) is 12.6 Å². The third-order valence-corrected chi connectivity index (χ3v) is 3.69. The van der Waals surface area contributed by atoms with Gasteiger partial charge < -0.3 is 15.0 Å². The number of rotatable bonds is 4. The molecule has 1 N–H and O–H groups in total. The van der Waals surface area contributed by atoms with E-state index in [9.17, 15) is 13.6 Å². The molecule has 0 spiro atoms. The number of hydrogen-bond acceptors (Lipinski definition) is 4. The van der Waals surface area contributed by atoms with E-state index in [1.807, 2.05) is 7.05 Å². The van der Waals surface area contributed by atoms with Crippen molar-refractivity contribution in [3.05, 3.63) is 29.3 Å². The van der Waals surface area contributed by atoms with Crippen molar-refractivity contribution in [3.63, 3.8) is 0 Å². The van der Waals surface area contributed by atoms with Crippen LogP contribution >= 0.6 is 0 Å². The normalized spacial score (nSPS) is 19.1. The molecular weight excluding hydrogens is 266 g/mol. The highest BCUT2D eigenvalue weighted by Crippen LogP contribution is 2.22. The molecule has 1 aliphatic heterocycles. The second-order valence-electron chi connectivity index (χ2n) is 4.94. The lowest BCUT2D eigenvalue weighted by atomic mass is 10.1. The molecule has 20 heavy (non-hydrogen) atoms. The Bertz CT molecular complexity index is 508. The van der Waals surface area contributed by atoms with Gasteiger partial charge >= 0.3 is 5.97 Å². The smallest absolute Gasteiger partial charge is 0.340 e. The van der Waals surface area contributed by atoms with Crippen molar-refractivity contribution in [1.82, 2.24) is 4.90 Å². The Kier molecular flexibility index (Phi) is 4.54. The van der Waals surface area contributed by atoms with Crippen molar-refractivity contribution in [3.8, 4) is 0 Å². The molecule has 1 fully saturated rings.